The summed E-state index contributed by atoms with van der Waals surface area (Å²) in [6, 6.07) is 0. The molecular formula is C9H19NO2. The quantitative estimate of drug-likeness (QED) is 0.664. The second kappa shape index (κ2) is 4.45. The van der Waals surface area contributed by atoms with Gasteiger partial charge < -0.3 is 10.8 Å². The Labute approximate surface area is 74.0 Å². The number of nitrogens with two attached hydrogens (primary N) is 1. The van der Waals surface area contributed by atoms with Gasteiger partial charge in [0.2, 0.25) is 0 Å². The standard InChI is InChI=1S/C9H19NO2/c1-4-7(2)5-9(3,10)6-8(11)12/h7H,4-6,10H2,1-3H3,(H,11,12)/t7-,9+/m1/s1. The Balaban J connectivity index is 3.94. The molecule has 0 aliphatic carbocycles. The van der Waals surface area contributed by atoms with Gasteiger partial charge in [-0.05, 0) is 19.3 Å². The van der Waals surface area contributed by atoms with Crippen molar-refractivity contribution in [2.24, 2.45) is 11.7 Å². The first-order chi connectivity index (χ1) is 5.37. The molecule has 0 amide bonds. The second-order valence-electron chi connectivity index (χ2n) is 3.94. The van der Waals surface area contributed by atoms with Crippen molar-refractivity contribution in [3.8, 4) is 0 Å². The zero-order valence-electron chi connectivity index (χ0n) is 8.13. The second-order valence-corrected chi connectivity index (χ2v) is 3.94. The third kappa shape index (κ3) is 5.13. The molecule has 3 N–H and O–H groups in total. The van der Waals surface area contributed by atoms with E-state index in [1.807, 2.05) is 0 Å². The van der Waals surface area contributed by atoms with Gasteiger partial charge in [-0.3, -0.25) is 4.79 Å². The lowest BCUT2D eigenvalue weighted by Crippen LogP contribution is -2.40. The fraction of sp³-hybridized carbons (Fsp3) is 0.889. The van der Waals surface area contributed by atoms with Crippen molar-refractivity contribution in [3.63, 3.8) is 0 Å². The molecule has 12 heavy (non-hydrogen) atoms. The van der Waals surface area contributed by atoms with E-state index in [0.717, 1.165) is 12.8 Å². The van der Waals surface area contributed by atoms with Gasteiger partial charge >= 0.3 is 5.97 Å². The van der Waals surface area contributed by atoms with Crippen LogP contribution in [0.2, 0.25) is 0 Å². The van der Waals surface area contributed by atoms with Crippen molar-refractivity contribution in [1.82, 2.24) is 0 Å². The highest BCUT2D eigenvalue weighted by Gasteiger charge is 2.23. The Morgan fingerprint density at radius 3 is 2.50 bits per heavy atom. The Bertz CT molecular complexity index is 155. The van der Waals surface area contributed by atoms with Crippen LogP contribution in [0, 0.1) is 5.92 Å². The van der Waals surface area contributed by atoms with Crippen molar-refractivity contribution in [2.75, 3.05) is 0 Å². The molecule has 0 rings (SSSR count). The van der Waals surface area contributed by atoms with Crippen LogP contribution in [0.1, 0.15) is 40.0 Å². The first kappa shape index (κ1) is 11.4. The third-order valence-electron chi connectivity index (χ3n) is 2.07. The predicted octanol–water partition coefficient (Wildman–Crippen LogP) is 1.61. The number of hydrogen-bond acceptors (Lipinski definition) is 2. The normalized spacial score (nSPS) is 18.3. The zero-order chi connectivity index (χ0) is 9.78. The number of carbonyl (C=O) groups is 1. The fourth-order valence-corrected chi connectivity index (χ4v) is 1.36. The zero-order valence-corrected chi connectivity index (χ0v) is 8.13. The molecular weight excluding hydrogens is 154 g/mol. The molecule has 2 atom stereocenters. The minimum absolute atomic E-state index is 0.0529. The molecule has 0 heterocycles. The van der Waals surface area contributed by atoms with Gasteiger partial charge in [0.25, 0.3) is 0 Å². The first-order valence-corrected chi connectivity index (χ1v) is 4.38. The molecule has 72 valence electrons. The van der Waals surface area contributed by atoms with Crippen LogP contribution < -0.4 is 5.73 Å². The molecule has 0 aromatic carbocycles. The number of carboxylic acid groups (broad SMARTS) is 1. The maximum absolute atomic E-state index is 10.4. The summed E-state index contributed by atoms with van der Waals surface area (Å²) in [5.41, 5.74) is 5.26. The third-order valence-corrected chi connectivity index (χ3v) is 2.07. The van der Waals surface area contributed by atoms with E-state index >= 15 is 0 Å². The van der Waals surface area contributed by atoms with E-state index in [1.165, 1.54) is 0 Å². The van der Waals surface area contributed by atoms with Crippen LogP contribution in [0.5, 0.6) is 0 Å². The molecule has 3 heteroatoms. The molecule has 0 saturated carbocycles. The van der Waals surface area contributed by atoms with Gasteiger partial charge in [-0.15, -0.1) is 0 Å². The predicted molar refractivity (Wildman–Crippen MR) is 48.9 cm³/mol. The van der Waals surface area contributed by atoms with Crippen LogP contribution in [-0.2, 0) is 4.79 Å². The Kier molecular flexibility index (Phi) is 4.24. The number of rotatable bonds is 5. The molecule has 0 radical (unpaired) electrons. The lowest BCUT2D eigenvalue weighted by Gasteiger charge is -2.25. The summed E-state index contributed by atoms with van der Waals surface area (Å²) >= 11 is 0. The van der Waals surface area contributed by atoms with E-state index in [9.17, 15) is 4.79 Å². The van der Waals surface area contributed by atoms with Crippen molar-refractivity contribution >= 4 is 5.97 Å². The van der Waals surface area contributed by atoms with Crippen LogP contribution in [0.3, 0.4) is 0 Å². The van der Waals surface area contributed by atoms with Gasteiger partial charge in [-0.25, -0.2) is 0 Å². The molecule has 0 aromatic heterocycles. The summed E-state index contributed by atoms with van der Waals surface area (Å²) in [4.78, 5) is 10.4. The topological polar surface area (TPSA) is 63.3 Å². The highest BCUT2D eigenvalue weighted by atomic mass is 16.4. The lowest BCUT2D eigenvalue weighted by molar-refractivity contribution is -0.138. The molecule has 0 aliphatic heterocycles. The minimum Gasteiger partial charge on any atom is -0.481 e. The van der Waals surface area contributed by atoms with E-state index in [1.54, 1.807) is 6.92 Å². The molecule has 0 unspecified atom stereocenters. The van der Waals surface area contributed by atoms with Crippen LogP contribution in [0.25, 0.3) is 0 Å². The van der Waals surface area contributed by atoms with Gasteiger partial charge in [-0.1, -0.05) is 20.3 Å². The highest BCUT2D eigenvalue weighted by molar-refractivity contribution is 5.68. The Morgan fingerprint density at radius 1 is 1.67 bits per heavy atom. The van der Waals surface area contributed by atoms with E-state index in [2.05, 4.69) is 13.8 Å². The van der Waals surface area contributed by atoms with Crippen LogP contribution in [0.4, 0.5) is 0 Å². The monoisotopic (exact) mass is 173 g/mol. The molecule has 0 saturated heterocycles. The highest BCUT2D eigenvalue weighted by Crippen LogP contribution is 2.19. The van der Waals surface area contributed by atoms with Gasteiger partial charge in [0, 0.05) is 5.54 Å². The van der Waals surface area contributed by atoms with Crippen LogP contribution in [0.15, 0.2) is 0 Å². The average Bonchev–Trinajstić information content (AvgIpc) is 1.83. The molecule has 3 nitrogen and oxygen atoms in total. The van der Waals surface area contributed by atoms with Crippen LogP contribution in [-0.4, -0.2) is 16.6 Å². The molecule has 0 fully saturated rings. The summed E-state index contributed by atoms with van der Waals surface area (Å²) in [5.74, 6) is -0.317. The fourth-order valence-electron chi connectivity index (χ4n) is 1.36. The van der Waals surface area contributed by atoms with E-state index in [-0.39, 0.29) is 6.42 Å². The summed E-state index contributed by atoms with van der Waals surface area (Å²) in [5, 5.41) is 8.55. The molecule has 0 bridgehead atoms. The molecule has 0 spiro atoms. The molecule has 0 aromatic rings. The SMILES string of the molecule is CC[C@@H](C)C[C@](C)(N)CC(=O)O. The van der Waals surface area contributed by atoms with Crippen molar-refractivity contribution < 1.29 is 9.90 Å². The van der Waals surface area contributed by atoms with Gasteiger partial charge in [-0.2, -0.15) is 0 Å². The van der Waals surface area contributed by atoms with E-state index < -0.39 is 11.5 Å². The average molecular weight is 173 g/mol. The van der Waals surface area contributed by atoms with Crippen molar-refractivity contribution in [1.29, 1.82) is 0 Å². The summed E-state index contributed by atoms with van der Waals surface area (Å²) < 4.78 is 0. The number of hydrogen-bond donors (Lipinski definition) is 2. The van der Waals surface area contributed by atoms with Gasteiger partial charge in [0.1, 0.15) is 0 Å². The van der Waals surface area contributed by atoms with Crippen molar-refractivity contribution in [3.05, 3.63) is 0 Å². The smallest absolute Gasteiger partial charge is 0.305 e. The van der Waals surface area contributed by atoms with Gasteiger partial charge in [0.05, 0.1) is 6.42 Å². The largest absolute Gasteiger partial charge is 0.481 e. The van der Waals surface area contributed by atoms with E-state index in [4.69, 9.17) is 10.8 Å². The number of aliphatic carboxylic acids is 1. The number of carboxylic acids is 1. The van der Waals surface area contributed by atoms with Gasteiger partial charge in [0.15, 0.2) is 0 Å². The first-order valence-electron chi connectivity index (χ1n) is 4.38. The Morgan fingerprint density at radius 2 is 2.17 bits per heavy atom. The van der Waals surface area contributed by atoms with Crippen LogP contribution >= 0.6 is 0 Å². The lowest BCUT2D eigenvalue weighted by atomic mass is 9.87. The Hall–Kier alpha value is -0.570. The van der Waals surface area contributed by atoms with E-state index in [0.29, 0.717) is 5.92 Å². The van der Waals surface area contributed by atoms with Crippen molar-refractivity contribution in [2.45, 2.75) is 45.6 Å². The minimum atomic E-state index is -0.816. The maximum atomic E-state index is 10.4. The maximum Gasteiger partial charge on any atom is 0.305 e. The molecule has 0 aliphatic rings. The summed E-state index contributed by atoms with van der Waals surface area (Å²) in [7, 11) is 0. The summed E-state index contributed by atoms with van der Waals surface area (Å²) in [6.07, 6.45) is 1.87. The summed E-state index contributed by atoms with van der Waals surface area (Å²) in [6.45, 7) is 5.97.